The first kappa shape index (κ1) is 18.2. The van der Waals surface area contributed by atoms with Crippen LogP contribution in [0.2, 0.25) is 0 Å². The summed E-state index contributed by atoms with van der Waals surface area (Å²) in [6.07, 6.45) is 2.81. The number of ether oxygens (including phenoxy) is 1. The first-order chi connectivity index (χ1) is 12.6. The second kappa shape index (κ2) is 8.18. The first-order valence-electron chi connectivity index (χ1n) is 8.24. The number of thioether (sulfide) groups is 1. The van der Waals surface area contributed by atoms with Crippen LogP contribution in [0, 0.1) is 6.92 Å². The van der Waals surface area contributed by atoms with Crippen molar-refractivity contribution in [3.63, 3.8) is 0 Å². The zero-order valence-corrected chi connectivity index (χ0v) is 15.9. The Hall–Kier alpha value is -2.61. The lowest BCUT2D eigenvalue weighted by Gasteiger charge is -2.11. The number of nitrogens with zero attached hydrogens (tertiary/aromatic N) is 5. The molecule has 0 aliphatic rings. The average Bonchev–Trinajstić information content (AvgIpc) is 3.05. The molecule has 3 aromatic rings. The van der Waals surface area contributed by atoms with Crippen LogP contribution in [0.5, 0.6) is 5.75 Å². The molecule has 0 aliphatic heterocycles. The van der Waals surface area contributed by atoms with Gasteiger partial charge in [0.15, 0.2) is 11.6 Å². The van der Waals surface area contributed by atoms with Crippen LogP contribution in [0.4, 0.5) is 0 Å². The number of rotatable bonds is 7. The smallest absolute Gasteiger partial charge is 0.267 e. The summed E-state index contributed by atoms with van der Waals surface area (Å²) < 4.78 is 8.61. The van der Waals surface area contributed by atoms with Gasteiger partial charge in [-0.25, -0.2) is 14.3 Å². The van der Waals surface area contributed by atoms with Crippen molar-refractivity contribution in [2.45, 2.75) is 19.9 Å². The molecule has 0 unspecified atom stereocenters. The van der Waals surface area contributed by atoms with Crippen molar-refractivity contribution in [3.8, 4) is 11.4 Å². The van der Waals surface area contributed by atoms with Crippen molar-refractivity contribution in [3.05, 3.63) is 64.1 Å². The molecule has 1 aromatic carbocycles. The number of methoxy groups -OCH3 is 1. The molecule has 2 aromatic heterocycles. The third-order valence-electron chi connectivity index (χ3n) is 3.85. The molecule has 2 heterocycles. The second-order valence-corrected chi connectivity index (χ2v) is 6.73. The van der Waals surface area contributed by atoms with Crippen LogP contribution in [-0.2, 0) is 13.0 Å². The van der Waals surface area contributed by atoms with E-state index in [9.17, 15) is 4.79 Å². The van der Waals surface area contributed by atoms with E-state index in [1.54, 1.807) is 29.6 Å². The van der Waals surface area contributed by atoms with E-state index in [2.05, 4.69) is 15.2 Å². The average molecular weight is 371 g/mol. The van der Waals surface area contributed by atoms with Crippen LogP contribution >= 0.6 is 11.8 Å². The summed E-state index contributed by atoms with van der Waals surface area (Å²) in [6, 6.07) is 10.8. The van der Waals surface area contributed by atoms with Gasteiger partial charge in [0.2, 0.25) is 0 Å². The SMILES string of the molecule is COc1ccccc1-n1nc(CCSC)nc1Cn1nc(C)ccc1=O. The zero-order chi connectivity index (χ0) is 18.5. The molecule has 136 valence electrons. The summed E-state index contributed by atoms with van der Waals surface area (Å²) in [4.78, 5) is 16.8. The lowest BCUT2D eigenvalue weighted by atomic mass is 10.3. The molecule has 0 fully saturated rings. The predicted molar refractivity (Wildman–Crippen MR) is 102 cm³/mol. The number of hydrogen-bond donors (Lipinski definition) is 0. The Labute approximate surface area is 156 Å². The van der Waals surface area contributed by atoms with Crippen LogP contribution in [0.1, 0.15) is 17.3 Å². The van der Waals surface area contributed by atoms with Gasteiger partial charge in [-0.05, 0) is 31.4 Å². The first-order valence-corrected chi connectivity index (χ1v) is 9.63. The Balaban J connectivity index is 2.06. The molecule has 8 heteroatoms. The number of aryl methyl sites for hydroxylation is 2. The van der Waals surface area contributed by atoms with Gasteiger partial charge in [0.1, 0.15) is 18.0 Å². The van der Waals surface area contributed by atoms with E-state index in [0.29, 0.717) is 11.6 Å². The number of hydrogen-bond acceptors (Lipinski definition) is 6. The summed E-state index contributed by atoms with van der Waals surface area (Å²) in [7, 11) is 1.62. The van der Waals surface area contributed by atoms with Crippen LogP contribution in [0.25, 0.3) is 5.69 Å². The maximum absolute atomic E-state index is 12.1. The van der Waals surface area contributed by atoms with Gasteiger partial charge in [0, 0.05) is 18.2 Å². The van der Waals surface area contributed by atoms with Gasteiger partial charge >= 0.3 is 0 Å². The molecule has 0 aliphatic carbocycles. The van der Waals surface area contributed by atoms with E-state index in [4.69, 9.17) is 4.74 Å². The summed E-state index contributed by atoms with van der Waals surface area (Å²) in [5.41, 5.74) is 1.39. The van der Waals surface area contributed by atoms with E-state index in [0.717, 1.165) is 29.4 Å². The fourth-order valence-electron chi connectivity index (χ4n) is 2.59. The summed E-state index contributed by atoms with van der Waals surface area (Å²) in [5, 5.41) is 8.95. The second-order valence-electron chi connectivity index (χ2n) is 5.74. The van der Waals surface area contributed by atoms with Gasteiger partial charge in [0.25, 0.3) is 5.56 Å². The van der Waals surface area contributed by atoms with Crippen molar-refractivity contribution in [2.75, 3.05) is 19.1 Å². The molecule has 26 heavy (non-hydrogen) atoms. The summed E-state index contributed by atoms with van der Waals surface area (Å²) >= 11 is 1.74. The van der Waals surface area contributed by atoms with Crippen LogP contribution in [-0.4, -0.2) is 43.7 Å². The van der Waals surface area contributed by atoms with Gasteiger partial charge in [0.05, 0.1) is 12.8 Å². The quantitative estimate of drug-likeness (QED) is 0.633. The zero-order valence-electron chi connectivity index (χ0n) is 15.0. The number of benzene rings is 1. The van der Waals surface area contributed by atoms with E-state index < -0.39 is 0 Å². The molecule has 0 radical (unpaired) electrons. The fraction of sp³-hybridized carbons (Fsp3) is 0.333. The maximum atomic E-state index is 12.1. The Morgan fingerprint density at radius 1 is 1.15 bits per heavy atom. The highest BCUT2D eigenvalue weighted by Crippen LogP contribution is 2.23. The van der Waals surface area contributed by atoms with Gasteiger partial charge < -0.3 is 4.74 Å². The molecule has 0 N–H and O–H groups in total. The fourth-order valence-corrected chi connectivity index (χ4v) is 2.98. The molecule has 0 atom stereocenters. The van der Waals surface area contributed by atoms with Crippen molar-refractivity contribution in [1.82, 2.24) is 24.5 Å². The molecular formula is C18H21N5O2S. The molecule has 0 spiro atoms. The third-order valence-corrected chi connectivity index (χ3v) is 4.46. The Kier molecular flexibility index (Phi) is 5.72. The van der Waals surface area contributed by atoms with Gasteiger partial charge in [-0.1, -0.05) is 12.1 Å². The van der Waals surface area contributed by atoms with Crippen molar-refractivity contribution in [2.24, 2.45) is 0 Å². The van der Waals surface area contributed by atoms with Gasteiger partial charge in [-0.3, -0.25) is 4.79 Å². The standard InChI is InChI=1S/C18H21N5O2S/c1-13-8-9-18(24)22(20-13)12-17-19-16(10-11-26-3)21-23(17)14-6-4-5-7-15(14)25-2/h4-9H,10-12H2,1-3H3. The number of para-hydroxylation sites is 2. The van der Waals surface area contributed by atoms with Crippen molar-refractivity contribution >= 4 is 11.8 Å². The summed E-state index contributed by atoms with van der Waals surface area (Å²) in [5.74, 6) is 3.00. The molecule has 0 amide bonds. The van der Waals surface area contributed by atoms with Crippen molar-refractivity contribution in [1.29, 1.82) is 0 Å². The normalized spacial score (nSPS) is 10.9. The molecule has 0 bridgehead atoms. The minimum absolute atomic E-state index is 0.171. The third kappa shape index (κ3) is 3.96. The minimum Gasteiger partial charge on any atom is -0.494 e. The van der Waals surface area contributed by atoms with Gasteiger partial charge in [-0.2, -0.15) is 22.0 Å². The van der Waals surface area contributed by atoms with E-state index in [-0.39, 0.29) is 12.1 Å². The van der Waals surface area contributed by atoms with Crippen LogP contribution in [0.3, 0.4) is 0 Å². The van der Waals surface area contributed by atoms with Gasteiger partial charge in [-0.15, -0.1) is 0 Å². The topological polar surface area (TPSA) is 74.8 Å². The highest BCUT2D eigenvalue weighted by molar-refractivity contribution is 7.98. The van der Waals surface area contributed by atoms with E-state index in [1.807, 2.05) is 37.4 Å². The van der Waals surface area contributed by atoms with E-state index in [1.165, 1.54) is 10.7 Å². The lowest BCUT2D eigenvalue weighted by molar-refractivity contribution is 0.411. The highest BCUT2D eigenvalue weighted by atomic mass is 32.2. The molecule has 0 saturated carbocycles. The minimum atomic E-state index is -0.171. The predicted octanol–water partition coefficient (Wildman–Crippen LogP) is 2.09. The van der Waals surface area contributed by atoms with Crippen LogP contribution in [0.15, 0.2) is 41.2 Å². The monoisotopic (exact) mass is 371 g/mol. The highest BCUT2D eigenvalue weighted by Gasteiger charge is 2.16. The Morgan fingerprint density at radius 3 is 2.73 bits per heavy atom. The molecule has 3 rings (SSSR count). The van der Waals surface area contributed by atoms with E-state index >= 15 is 0 Å². The molecule has 0 saturated heterocycles. The van der Waals surface area contributed by atoms with Crippen molar-refractivity contribution < 1.29 is 4.74 Å². The molecule has 7 nitrogen and oxygen atoms in total. The van der Waals surface area contributed by atoms with Crippen LogP contribution < -0.4 is 10.3 Å². The summed E-state index contributed by atoms with van der Waals surface area (Å²) in [6.45, 7) is 2.09. The Morgan fingerprint density at radius 2 is 1.96 bits per heavy atom. The molecular weight excluding hydrogens is 350 g/mol. The lowest BCUT2D eigenvalue weighted by Crippen LogP contribution is -2.24. The maximum Gasteiger partial charge on any atom is 0.267 e. The Bertz CT molecular complexity index is 951. The largest absolute Gasteiger partial charge is 0.494 e. The number of aromatic nitrogens is 5.